The lowest BCUT2D eigenvalue weighted by atomic mass is 9.90. The summed E-state index contributed by atoms with van der Waals surface area (Å²) >= 11 is 0. The maximum atomic E-state index is 12.7. The second kappa shape index (κ2) is 8.17. The molecule has 138 valence electrons. The van der Waals surface area contributed by atoms with Gasteiger partial charge < -0.3 is 9.64 Å². The molecule has 3 heterocycles. The molecule has 0 radical (unpaired) electrons. The summed E-state index contributed by atoms with van der Waals surface area (Å²) < 4.78 is 5.41. The van der Waals surface area contributed by atoms with E-state index in [9.17, 15) is 4.79 Å². The molecule has 4 heteroatoms. The van der Waals surface area contributed by atoms with E-state index < -0.39 is 0 Å². The lowest BCUT2D eigenvalue weighted by molar-refractivity contribution is -0.134. The molecule has 1 unspecified atom stereocenters. The van der Waals surface area contributed by atoms with Crippen LogP contribution >= 0.6 is 0 Å². The van der Waals surface area contributed by atoms with Crippen LogP contribution in [-0.2, 0) is 16.0 Å². The van der Waals surface area contributed by atoms with E-state index in [-0.39, 0.29) is 0 Å². The summed E-state index contributed by atoms with van der Waals surface area (Å²) in [4.78, 5) is 19.4. The number of ether oxygens (including phenoxy) is 1. The first-order valence-corrected chi connectivity index (χ1v) is 9.97. The van der Waals surface area contributed by atoms with Crippen LogP contribution < -0.4 is 0 Å². The van der Waals surface area contributed by atoms with Crippen LogP contribution in [0.2, 0.25) is 0 Å². The predicted molar refractivity (Wildman–Crippen MR) is 103 cm³/mol. The minimum Gasteiger partial charge on any atom is -0.381 e. The topological polar surface area (TPSA) is 42.4 Å². The molecular formula is C22H28N2O2. The molecule has 0 N–H and O–H groups in total. The van der Waals surface area contributed by atoms with Gasteiger partial charge >= 0.3 is 0 Å². The number of carbonyl (C=O) groups is 1. The average Bonchev–Trinajstić information content (AvgIpc) is 2.69. The van der Waals surface area contributed by atoms with Gasteiger partial charge in [0.1, 0.15) is 0 Å². The molecule has 1 amide bonds. The van der Waals surface area contributed by atoms with Gasteiger partial charge in [-0.25, -0.2) is 0 Å². The van der Waals surface area contributed by atoms with E-state index in [4.69, 9.17) is 4.74 Å². The van der Waals surface area contributed by atoms with E-state index >= 15 is 0 Å². The van der Waals surface area contributed by atoms with E-state index in [0.29, 0.717) is 24.2 Å². The van der Waals surface area contributed by atoms with Gasteiger partial charge in [-0.3, -0.25) is 9.78 Å². The summed E-state index contributed by atoms with van der Waals surface area (Å²) in [5.74, 6) is 1.41. The van der Waals surface area contributed by atoms with Crippen LogP contribution in [0.25, 0.3) is 10.9 Å². The summed E-state index contributed by atoms with van der Waals surface area (Å²) in [5.41, 5.74) is 2.33. The fourth-order valence-corrected chi connectivity index (χ4v) is 4.35. The third-order valence-electron chi connectivity index (χ3n) is 5.85. The average molecular weight is 352 g/mol. The van der Waals surface area contributed by atoms with E-state index in [0.717, 1.165) is 57.5 Å². The first-order chi connectivity index (χ1) is 12.8. The van der Waals surface area contributed by atoms with Crippen LogP contribution in [0.4, 0.5) is 0 Å². The first-order valence-electron chi connectivity index (χ1n) is 9.97. The molecule has 1 aromatic heterocycles. The van der Waals surface area contributed by atoms with Crippen molar-refractivity contribution in [3.8, 4) is 0 Å². The van der Waals surface area contributed by atoms with Gasteiger partial charge in [0.15, 0.2) is 0 Å². The van der Waals surface area contributed by atoms with Gasteiger partial charge in [0.05, 0.1) is 5.52 Å². The number of para-hydroxylation sites is 1. The normalized spacial score (nSPS) is 21.8. The van der Waals surface area contributed by atoms with Gasteiger partial charge in [0.2, 0.25) is 5.91 Å². The quantitative estimate of drug-likeness (QED) is 0.840. The number of pyridine rings is 1. The largest absolute Gasteiger partial charge is 0.381 e. The highest BCUT2D eigenvalue weighted by molar-refractivity contribution is 5.78. The number of amides is 1. The molecule has 0 aliphatic carbocycles. The third kappa shape index (κ3) is 4.24. The molecule has 4 nitrogen and oxygen atoms in total. The first kappa shape index (κ1) is 17.5. The summed E-state index contributed by atoms with van der Waals surface area (Å²) in [6, 6.07) is 10.5. The lowest BCUT2D eigenvalue weighted by Crippen LogP contribution is -2.41. The number of rotatable bonds is 4. The van der Waals surface area contributed by atoms with Gasteiger partial charge in [0.25, 0.3) is 0 Å². The SMILES string of the molecule is O=C(CC1CCOCC1)N1CCCC(Cc2cnc3ccccc3c2)C1. The minimum absolute atomic E-state index is 0.346. The monoisotopic (exact) mass is 352 g/mol. The van der Waals surface area contributed by atoms with Crippen molar-refractivity contribution in [3.05, 3.63) is 42.1 Å². The molecule has 4 rings (SSSR count). The minimum atomic E-state index is 0.346. The van der Waals surface area contributed by atoms with E-state index in [1.165, 1.54) is 17.4 Å². The van der Waals surface area contributed by atoms with Crippen molar-refractivity contribution in [1.82, 2.24) is 9.88 Å². The number of nitrogens with zero attached hydrogens (tertiary/aromatic N) is 2. The Balaban J connectivity index is 1.35. The zero-order chi connectivity index (χ0) is 17.8. The second-order valence-electron chi connectivity index (χ2n) is 7.85. The lowest BCUT2D eigenvalue weighted by Gasteiger charge is -2.34. The number of carbonyl (C=O) groups excluding carboxylic acids is 1. The van der Waals surface area contributed by atoms with E-state index in [2.05, 4.69) is 34.1 Å². The Labute approximate surface area is 155 Å². The summed E-state index contributed by atoms with van der Waals surface area (Å²) in [6.07, 6.45) is 8.11. The highest BCUT2D eigenvalue weighted by Crippen LogP contribution is 2.25. The summed E-state index contributed by atoms with van der Waals surface area (Å²) in [7, 11) is 0. The number of aromatic nitrogens is 1. The molecule has 26 heavy (non-hydrogen) atoms. The molecule has 0 spiro atoms. The van der Waals surface area contributed by atoms with Gasteiger partial charge in [-0.2, -0.15) is 0 Å². The second-order valence-corrected chi connectivity index (χ2v) is 7.85. The van der Waals surface area contributed by atoms with Crippen molar-refractivity contribution < 1.29 is 9.53 Å². The van der Waals surface area contributed by atoms with Crippen molar-refractivity contribution in [2.24, 2.45) is 11.8 Å². The van der Waals surface area contributed by atoms with Crippen molar-refractivity contribution >= 4 is 16.8 Å². The van der Waals surface area contributed by atoms with Crippen LogP contribution in [0.5, 0.6) is 0 Å². The number of likely N-dealkylation sites (tertiary alicyclic amines) is 1. The number of piperidine rings is 1. The Morgan fingerprint density at radius 3 is 2.88 bits per heavy atom. The predicted octanol–water partition coefficient (Wildman–Crippen LogP) is 3.83. The fourth-order valence-electron chi connectivity index (χ4n) is 4.35. The molecule has 2 aliphatic rings. The van der Waals surface area contributed by atoms with Crippen LogP contribution in [0.1, 0.15) is 37.7 Å². The van der Waals surface area contributed by atoms with Gasteiger partial charge in [-0.1, -0.05) is 18.2 Å². The van der Waals surface area contributed by atoms with Crippen molar-refractivity contribution in [3.63, 3.8) is 0 Å². The maximum absolute atomic E-state index is 12.7. The van der Waals surface area contributed by atoms with Gasteiger partial charge in [0, 0.05) is 44.3 Å². The van der Waals surface area contributed by atoms with Gasteiger partial charge in [-0.05, 0) is 61.6 Å². The fraction of sp³-hybridized carbons (Fsp3) is 0.545. The van der Waals surface area contributed by atoms with Crippen molar-refractivity contribution in [1.29, 1.82) is 0 Å². The number of hydrogen-bond donors (Lipinski definition) is 0. The number of hydrogen-bond acceptors (Lipinski definition) is 3. The Kier molecular flexibility index (Phi) is 5.49. The van der Waals surface area contributed by atoms with Gasteiger partial charge in [-0.15, -0.1) is 0 Å². The highest BCUT2D eigenvalue weighted by Gasteiger charge is 2.26. The third-order valence-corrected chi connectivity index (χ3v) is 5.85. The zero-order valence-corrected chi connectivity index (χ0v) is 15.4. The Hall–Kier alpha value is -1.94. The Bertz CT molecular complexity index is 755. The Morgan fingerprint density at radius 2 is 2.00 bits per heavy atom. The molecule has 2 saturated heterocycles. The van der Waals surface area contributed by atoms with Crippen LogP contribution in [0, 0.1) is 11.8 Å². The highest BCUT2D eigenvalue weighted by atomic mass is 16.5. The standard InChI is InChI=1S/C22H28N2O2/c25-22(14-17-7-10-26-11-8-17)24-9-3-4-18(16-24)12-19-13-20-5-1-2-6-21(20)23-15-19/h1-2,5-6,13,15,17-18H,3-4,7-12,14,16H2. The van der Waals surface area contributed by atoms with Crippen LogP contribution in [0.3, 0.4) is 0 Å². The molecule has 1 aromatic carbocycles. The maximum Gasteiger partial charge on any atom is 0.222 e. The summed E-state index contributed by atoms with van der Waals surface area (Å²) in [6.45, 7) is 3.45. The van der Waals surface area contributed by atoms with Crippen molar-refractivity contribution in [2.45, 2.75) is 38.5 Å². The molecule has 2 fully saturated rings. The molecule has 2 aromatic rings. The molecule has 1 atom stereocenters. The van der Waals surface area contributed by atoms with E-state index in [1.807, 2.05) is 12.3 Å². The van der Waals surface area contributed by atoms with Crippen LogP contribution in [0.15, 0.2) is 36.5 Å². The van der Waals surface area contributed by atoms with Crippen LogP contribution in [-0.4, -0.2) is 42.1 Å². The molecule has 0 bridgehead atoms. The zero-order valence-electron chi connectivity index (χ0n) is 15.4. The Morgan fingerprint density at radius 1 is 1.15 bits per heavy atom. The molecular weight excluding hydrogens is 324 g/mol. The molecule has 0 saturated carbocycles. The number of benzene rings is 1. The number of fused-ring (bicyclic) bond motifs is 1. The smallest absolute Gasteiger partial charge is 0.222 e. The summed E-state index contributed by atoms with van der Waals surface area (Å²) in [5, 5.41) is 1.20. The molecule has 2 aliphatic heterocycles. The van der Waals surface area contributed by atoms with Crippen molar-refractivity contribution in [2.75, 3.05) is 26.3 Å². The van der Waals surface area contributed by atoms with E-state index in [1.54, 1.807) is 0 Å².